The van der Waals surface area contributed by atoms with Gasteiger partial charge >= 0.3 is 0 Å². The summed E-state index contributed by atoms with van der Waals surface area (Å²) in [4.78, 5) is 0. The number of rotatable bonds is 4. The highest BCUT2D eigenvalue weighted by Gasteiger charge is 2.50. The lowest BCUT2D eigenvalue weighted by Crippen LogP contribution is -2.45. The molecule has 0 heterocycles. The maximum atomic E-state index is 11.1. The van der Waals surface area contributed by atoms with Crippen LogP contribution in [0.1, 0.15) is 57.9 Å². The highest BCUT2D eigenvalue weighted by Crippen LogP contribution is 2.51. The van der Waals surface area contributed by atoms with E-state index in [1.807, 2.05) is 12.1 Å². The zero-order valence-electron chi connectivity index (χ0n) is 12.9. The first-order valence-electron chi connectivity index (χ1n) is 7.85. The minimum atomic E-state index is -1.16. The van der Waals surface area contributed by atoms with E-state index >= 15 is 0 Å². The lowest BCUT2D eigenvalue weighted by molar-refractivity contribution is -0.0700. The molecule has 0 spiro atoms. The van der Waals surface area contributed by atoms with Crippen LogP contribution in [0, 0.1) is 22.7 Å². The largest absolute Gasteiger partial charge is 0.384 e. The van der Waals surface area contributed by atoms with Crippen LogP contribution in [-0.4, -0.2) is 5.11 Å². The molecule has 114 valence electrons. The quantitative estimate of drug-likeness (QED) is 0.846. The van der Waals surface area contributed by atoms with Crippen molar-refractivity contribution < 1.29 is 5.11 Å². The average molecular weight is 306 g/mol. The molecule has 0 radical (unpaired) electrons. The number of nitrogens with zero attached hydrogens (tertiary/aromatic N) is 1. The molecule has 1 saturated carbocycles. The number of benzene rings is 1. The van der Waals surface area contributed by atoms with Gasteiger partial charge in [-0.25, -0.2) is 0 Å². The fourth-order valence-corrected chi connectivity index (χ4v) is 3.83. The first kappa shape index (κ1) is 16.3. The zero-order chi connectivity index (χ0) is 15.5. The third kappa shape index (κ3) is 3.10. The molecular formula is C18H24ClNO. The SMILES string of the molecule is CCCC1CCC(C#N)(C(C)(O)c2cccc(Cl)c2)CC1. The second-order valence-corrected chi connectivity index (χ2v) is 6.94. The van der Waals surface area contributed by atoms with Crippen molar-refractivity contribution in [1.82, 2.24) is 0 Å². The average Bonchev–Trinajstić information content (AvgIpc) is 2.48. The molecule has 0 aliphatic heterocycles. The van der Waals surface area contributed by atoms with Gasteiger partial charge in [-0.15, -0.1) is 0 Å². The Morgan fingerprint density at radius 1 is 1.43 bits per heavy atom. The molecule has 2 rings (SSSR count). The lowest BCUT2D eigenvalue weighted by Gasteiger charge is -2.45. The van der Waals surface area contributed by atoms with Crippen molar-refractivity contribution in [2.75, 3.05) is 0 Å². The summed E-state index contributed by atoms with van der Waals surface area (Å²) in [6.45, 7) is 3.97. The van der Waals surface area contributed by atoms with E-state index in [4.69, 9.17) is 11.6 Å². The van der Waals surface area contributed by atoms with Crippen molar-refractivity contribution >= 4 is 11.6 Å². The third-order valence-corrected chi connectivity index (χ3v) is 5.42. The summed E-state index contributed by atoms with van der Waals surface area (Å²) in [6.07, 6.45) is 5.98. The molecule has 0 amide bonds. The molecule has 0 saturated heterocycles. The van der Waals surface area contributed by atoms with Gasteiger partial charge in [-0.1, -0.05) is 43.5 Å². The molecule has 1 aliphatic rings. The minimum Gasteiger partial charge on any atom is -0.384 e. The Hall–Kier alpha value is -1.04. The fraction of sp³-hybridized carbons (Fsp3) is 0.611. The Bertz CT molecular complexity index is 524. The molecule has 1 aliphatic carbocycles. The van der Waals surface area contributed by atoms with E-state index in [0.717, 1.165) is 31.2 Å². The number of hydrogen-bond acceptors (Lipinski definition) is 2. The summed E-state index contributed by atoms with van der Waals surface area (Å²) in [7, 11) is 0. The summed E-state index contributed by atoms with van der Waals surface area (Å²) in [6, 6.07) is 9.71. The predicted octanol–water partition coefficient (Wildman–Crippen LogP) is 5.05. The molecule has 1 N–H and O–H groups in total. The number of hydrogen-bond donors (Lipinski definition) is 1. The van der Waals surface area contributed by atoms with Gasteiger partial charge in [0.1, 0.15) is 5.60 Å². The Morgan fingerprint density at radius 2 is 2.10 bits per heavy atom. The fourth-order valence-electron chi connectivity index (χ4n) is 3.64. The van der Waals surface area contributed by atoms with E-state index in [9.17, 15) is 10.4 Å². The van der Waals surface area contributed by atoms with Crippen LogP contribution in [0.3, 0.4) is 0 Å². The van der Waals surface area contributed by atoms with Gasteiger partial charge < -0.3 is 5.11 Å². The van der Waals surface area contributed by atoms with Crippen molar-refractivity contribution in [3.8, 4) is 6.07 Å². The molecule has 1 aromatic carbocycles. The van der Waals surface area contributed by atoms with Crippen LogP contribution in [0.4, 0.5) is 0 Å². The number of halogens is 1. The zero-order valence-corrected chi connectivity index (χ0v) is 13.7. The van der Waals surface area contributed by atoms with E-state index in [2.05, 4.69) is 13.0 Å². The van der Waals surface area contributed by atoms with Crippen LogP contribution in [-0.2, 0) is 5.60 Å². The molecular weight excluding hydrogens is 282 g/mol. The van der Waals surface area contributed by atoms with Crippen molar-refractivity contribution in [2.45, 2.75) is 58.0 Å². The number of nitriles is 1. The van der Waals surface area contributed by atoms with Crippen LogP contribution in [0.15, 0.2) is 24.3 Å². The molecule has 2 nitrogen and oxygen atoms in total. The van der Waals surface area contributed by atoms with Gasteiger partial charge in [0.2, 0.25) is 0 Å². The second kappa shape index (κ2) is 6.38. The van der Waals surface area contributed by atoms with Crippen molar-refractivity contribution in [3.05, 3.63) is 34.9 Å². The van der Waals surface area contributed by atoms with Crippen LogP contribution >= 0.6 is 11.6 Å². The summed E-state index contributed by atoms with van der Waals surface area (Å²) < 4.78 is 0. The molecule has 1 atom stereocenters. The van der Waals surface area contributed by atoms with Gasteiger partial charge in [0.05, 0.1) is 11.5 Å². The van der Waals surface area contributed by atoms with Gasteiger partial charge in [-0.05, 0) is 56.2 Å². The van der Waals surface area contributed by atoms with E-state index in [0.29, 0.717) is 10.9 Å². The Morgan fingerprint density at radius 3 is 2.62 bits per heavy atom. The van der Waals surface area contributed by atoms with Gasteiger partial charge in [0.15, 0.2) is 0 Å². The van der Waals surface area contributed by atoms with Crippen molar-refractivity contribution in [1.29, 1.82) is 5.26 Å². The first-order valence-corrected chi connectivity index (χ1v) is 8.22. The first-order chi connectivity index (χ1) is 9.95. The normalized spacial score (nSPS) is 28.6. The van der Waals surface area contributed by atoms with E-state index in [1.165, 1.54) is 12.8 Å². The summed E-state index contributed by atoms with van der Waals surface area (Å²) in [5, 5.41) is 21.5. The van der Waals surface area contributed by atoms with Crippen LogP contribution in [0.2, 0.25) is 5.02 Å². The second-order valence-electron chi connectivity index (χ2n) is 6.51. The van der Waals surface area contributed by atoms with E-state index in [-0.39, 0.29) is 0 Å². The van der Waals surface area contributed by atoms with Gasteiger partial charge in [-0.2, -0.15) is 5.26 Å². The van der Waals surface area contributed by atoms with Crippen LogP contribution in [0.25, 0.3) is 0 Å². The van der Waals surface area contributed by atoms with Crippen molar-refractivity contribution in [2.24, 2.45) is 11.3 Å². The van der Waals surface area contributed by atoms with Gasteiger partial charge in [0, 0.05) is 5.02 Å². The maximum Gasteiger partial charge on any atom is 0.105 e. The highest BCUT2D eigenvalue weighted by molar-refractivity contribution is 6.30. The Kier molecular flexibility index (Phi) is 4.96. The topological polar surface area (TPSA) is 44.0 Å². The van der Waals surface area contributed by atoms with E-state index < -0.39 is 11.0 Å². The predicted molar refractivity (Wildman–Crippen MR) is 85.9 cm³/mol. The molecule has 0 aromatic heterocycles. The lowest BCUT2D eigenvalue weighted by atomic mass is 9.60. The molecule has 21 heavy (non-hydrogen) atoms. The smallest absolute Gasteiger partial charge is 0.105 e. The standard InChI is InChI=1S/C18H24ClNO/c1-3-5-14-8-10-18(13-20,11-9-14)17(2,21)15-6-4-7-16(19)12-15/h4,6-7,12,14,21H,3,5,8-11H2,1-2H3. The molecule has 1 fully saturated rings. The van der Waals surface area contributed by atoms with Crippen molar-refractivity contribution in [3.63, 3.8) is 0 Å². The molecule has 3 heteroatoms. The maximum absolute atomic E-state index is 11.1. The van der Waals surface area contributed by atoms with Gasteiger partial charge in [0.25, 0.3) is 0 Å². The Labute approximate surface area is 132 Å². The van der Waals surface area contributed by atoms with Gasteiger partial charge in [-0.3, -0.25) is 0 Å². The summed E-state index contributed by atoms with van der Waals surface area (Å²) >= 11 is 6.05. The van der Waals surface area contributed by atoms with Crippen LogP contribution in [0.5, 0.6) is 0 Å². The highest BCUT2D eigenvalue weighted by atomic mass is 35.5. The number of aliphatic hydroxyl groups is 1. The molecule has 0 bridgehead atoms. The Balaban J connectivity index is 2.26. The molecule has 1 aromatic rings. The minimum absolute atomic E-state index is 0.598. The molecule has 1 unspecified atom stereocenters. The summed E-state index contributed by atoms with van der Waals surface area (Å²) in [5.74, 6) is 0.701. The van der Waals surface area contributed by atoms with Crippen LogP contribution < -0.4 is 0 Å². The van der Waals surface area contributed by atoms with E-state index in [1.54, 1.807) is 19.1 Å². The summed E-state index contributed by atoms with van der Waals surface area (Å²) in [5.41, 5.74) is -1.13. The third-order valence-electron chi connectivity index (χ3n) is 5.19. The monoisotopic (exact) mass is 305 g/mol.